The van der Waals surface area contributed by atoms with E-state index in [0.717, 1.165) is 36.3 Å². The molecule has 0 fully saturated rings. The van der Waals surface area contributed by atoms with E-state index in [9.17, 15) is 0 Å². The van der Waals surface area contributed by atoms with E-state index in [2.05, 4.69) is 61.8 Å². The van der Waals surface area contributed by atoms with Crippen molar-refractivity contribution in [1.29, 1.82) is 0 Å². The molecule has 2 rings (SSSR count). The van der Waals surface area contributed by atoms with Crippen LogP contribution in [0.5, 0.6) is 5.75 Å². The van der Waals surface area contributed by atoms with Crippen molar-refractivity contribution in [3.63, 3.8) is 0 Å². The number of unbranched alkanes of at least 4 members (excludes halogenated alkanes) is 5. The van der Waals surface area contributed by atoms with Gasteiger partial charge in [0.2, 0.25) is 0 Å². The Hall–Kier alpha value is -2.90. The summed E-state index contributed by atoms with van der Waals surface area (Å²) in [5, 5.41) is 0. The molecule has 0 radical (unpaired) electrons. The minimum Gasteiger partial charge on any atom is -0.494 e. The summed E-state index contributed by atoms with van der Waals surface area (Å²) in [5.41, 5.74) is 3.42. The van der Waals surface area contributed by atoms with Crippen LogP contribution < -0.4 is 4.74 Å². The van der Waals surface area contributed by atoms with Gasteiger partial charge in [0, 0.05) is 11.1 Å². The number of allylic oxidation sites excluding steroid dienone is 2. The molecule has 0 atom stereocenters. The first kappa shape index (κ1) is 23.4. The third kappa shape index (κ3) is 10.0. The van der Waals surface area contributed by atoms with E-state index in [0.29, 0.717) is 0 Å². The second-order valence-electron chi connectivity index (χ2n) is 7.46. The van der Waals surface area contributed by atoms with E-state index in [1.165, 1.54) is 44.1 Å². The largest absolute Gasteiger partial charge is 0.494 e. The second kappa shape index (κ2) is 15.0. The smallest absolute Gasteiger partial charge is 0.119 e. The third-order valence-electron chi connectivity index (χ3n) is 4.83. The fraction of sp³-hybridized carbons (Fsp3) is 0.379. The molecule has 30 heavy (non-hydrogen) atoms. The molecule has 2 aromatic rings. The summed E-state index contributed by atoms with van der Waals surface area (Å²) in [6, 6.07) is 16.5. The number of hydrogen-bond acceptors (Lipinski definition) is 1. The Bertz CT molecular complexity index is 864. The summed E-state index contributed by atoms with van der Waals surface area (Å²) in [6.45, 7) is 5.18. The van der Waals surface area contributed by atoms with Crippen molar-refractivity contribution in [3.8, 4) is 29.4 Å². The van der Waals surface area contributed by atoms with Crippen LogP contribution in [0.15, 0.2) is 60.7 Å². The van der Waals surface area contributed by atoms with Gasteiger partial charge >= 0.3 is 0 Å². The number of ether oxygens (including phenoxy) is 1. The van der Waals surface area contributed by atoms with E-state index in [-0.39, 0.29) is 0 Å². The van der Waals surface area contributed by atoms with Crippen molar-refractivity contribution < 1.29 is 4.74 Å². The summed E-state index contributed by atoms with van der Waals surface area (Å²) in [7, 11) is 0. The normalized spacial score (nSPS) is 10.2. The third-order valence-corrected chi connectivity index (χ3v) is 4.83. The quantitative estimate of drug-likeness (QED) is 0.300. The Labute approximate surface area is 183 Å². The zero-order chi connectivity index (χ0) is 21.3. The lowest BCUT2D eigenvalue weighted by molar-refractivity contribution is 0.309. The average Bonchev–Trinajstić information content (AvgIpc) is 2.78. The highest BCUT2D eigenvalue weighted by molar-refractivity contribution is 5.42. The van der Waals surface area contributed by atoms with Gasteiger partial charge in [-0.1, -0.05) is 81.8 Å². The summed E-state index contributed by atoms with van der Waals surface area (Å²) >= 11 is 0. The molecule has 0 aliphatic heterocycles. The van der Waals surface area contributed by atoms with Gasteiger partial charge in [-0.25, -0.2) is 0 Å². The van der Waals surface area contributed by atoms with E-state index in [1.807, 2.05) is 24.3 Å². The van der Waals surface area contributed by atoms with Gasteiger partial charge in [0.05, 0.1) is 6.61 Å². The lowest BCUT2D eigenvalue weighted by Gasteiger charge is -2.04. The molecular formula is C29H34O. The summed E-state index contributed by atoms with van der Waals surface area (Å²) in [4.78, 5) is 0. The van der Waals surface area contributed by atoms with Gasteiger partial charge in [0.25, 0.3) is 0 Å². The van der Waals surface area contributed by atoms with Gasteiger partial charge in [-0.15, -0.1) is 0 Å². The van der Waals surface area contributed by atoms with Crippen molar-refractivity contribution in [1.82, 2.24) is 0 Å². The van der Waals surface area contributed by atoms with Gasteiger partial charge in [0.1, 0.15) is 5.75 Å². The minimum atomic E-state index is 0.769. The molecule has 1 nitrogen and oxygen atoms in total. The van der Waals surface area contributed by atoms with Crippen LogP contribution in [0, 0.1) is 23.7 Å². The van der Waals surface area contributed by atoms with Crippen molar-refractivity contribution in [2.75, 3.05) is 6.61 Å². The number of rotatable bonds is 10. The van der Waals surface area contributed by atoms with Crippen LogP contribution >= 0.6 is 0 Å². The molecule has 0 N–H and O–H groups in total. The van der Waals surface area contributed by atoms with E-state index in [4.69, 9.17) is 4.74 Å². The average molecular weight is 399 g/mol. The monoisotopic (exact) mass is 398 g/mol. The van der Waals surface area contributed by atoms with Crippen molar-refractivity contribution in [2.45, 2.75) is 65.2 Å². The molecule has 0 amide bonds. The number of aryl methyl sites for hydroxylation is 1. The molecule has 0 spiro atoms. The van der Waals surface area contributed by atoms with Crippen LogP contribution in [0.25, 0.3) is 0 Å². The van der Waals surface area contributed by atoms with Gasteiger partial charge in [-0.05, 0) is 73.4 Å². The topological polar surface area (TPSA) is 9.23 Å². The molecule has 0 heterocycles. The van der Waals surface area contributed by atoms with Crippen molar-refractivity contribution in [3.05, 3.63) is 77.4 Å². The Morgan fingerprint density at radius 1 is 0.667 bits per heavy atom. The van der Waals surface area contributed by atoms with E-state index in [1.54, 1.807) is 12.2 Å². The zero-order valence-corrected chi connectivity index (χ0v) is 18.5. The van der Waals surface area contributed by atoms with E-state index < -0.39 is 0 Å². The maximum atomic E-state index is 5.66. The summed E-state index contributed by atoms with van der Waals surface area (Å²) < 4.78 is 5.66. The number of hydrogen-bond donors (Lipinski definition) is 0. The first-order valence-electron chi connectivity index (χ1n) is 11.3. The van der Waals surface area contributed by atoms with Crippen molar-refractivity contribution >= 4 is 0 Å². The SMILES string of the molecule is CCCCCCCc1ccc(C#C/C=C/C#Cc2ccc(OCCCC)cc2)cc1. The molecule has 0 aromatic heterocycles. The predicted octanol–water partition coefficient (Wildman–Crippen LogP) is 7.34. The van der Waals surface area contributed by atoms with Gasteiger partial charge in [-0.3, -0.25) is 0 Å². The Kier molecular flexibility index (Phi) is 11.7. The lowest BCUT2D eigenvalue weighted by Crippen LogP contribution is -1.95. The maximum absolute atomic E-state index is 5.66. The van der Waals surface area contributed by atoms with E-state index >= 15 is 0 Å². The highest BCUT2D eigenvalue weighted by atomic mass is 16.5. The predicted molar refractivity (Wildman–Crippen MR) is 129 cm³/mol. The van der Waals surface area contributed by atoms with Crippen LogP contribution in [-0.2, 0) is 6.42 Å². The highest BCUT2D eigenvalue weighted by Gasteiger charge is 1.95. The lowest BCUT2D eigenvalue weighted by atomic mass is 10.0. The molecule has 0 saturated heterocycles. The first-order chi connectivity index (χ1) is 14.8. The standard InChI is InChI=1S/C29H34O/c1-3-5-7-8-11-14-26-17-19-27(20-18-26)15-12-9-10-13-16-28-21-23-29(24-22-28)30-25-6-4-2/h9-10,17-24H,3-8,11,14,25H2,1-2H3/b10-9+. The molecule has 0 bridgehead atoms. The highest BCUT2D eigenvalue weighted by Crippen LogP contribution is 2.12. The van der Waals surface area contributed by atoms with Crippen LogP contribution in [0.4, 0.5) is 0 Å². The molecule has 0 aliphatic carbocycles. The molecule has 2 aromatic carbocycles. The molecule has 0 saturated carbocycles. The fourth-order valence-corrected chi connectivity index (χ4v) is 2.99. The first-order valence-corrected chi connectivity index (χ1v) is 11.3. The summed E-state index contributed by atoms with van der Waals surface area (Å²) in [5.74, 6) is 13.3. The van der Waals surface area contributed by atoms with Gasteiger partial charge in [0.15, 0.2) is 0 Å². The van der Waals surface area contributed by atoms with Gasteiger partial charge in [-0.2, -0.15) is 0 Å². The Morgan fingerprint density at radius 2 is 1.23 bits per heavy atom. The molecule has 0 aliphatic rings. The molecule has 0 unspecified atom stereocenters. The Balaban J connectivity index is 1.75. The number of benzene rings is 2. The second-order valence-corrected chi connectivity index (χ2v) is 7.46. The molecule has 156 valence electrons. The fourth-order valence-electron chi connectivity index (χ4n) is 2.99. The van der Waals surface area contributed by atoms with Crippen LogP contribution in [-0.4, -0.2) is 6.61 Å². The zero-order valence-electron chi connectivity index (χ0n) is 18.5. The van der Waals surface area contributed by atoms with Crippen LogP contribution in [0.3, 0.4) is 0 Å². The maximum Gasteiger partial charge on any atom is 0.119 e. The van der Waals surface area contributed by atoms with Crippen LogP contribution in [0.1, 0.15) is 75.5 Å². The Morgan fingerprint density at radius 3 is 1.83 bits per heavy atom. The summed E-state index contributed by atoms with van der Waals surface area (Å²) in [6.07, 6.45) is 13.6. The van der Waals surface area contributed by atoms with Crippen LogP contribution in [0.2, 0.25) is 0 Å². The van der Waals surface area contributed by atoms with Gasteiger partial charge < -0.3 is 4.74 Å². The minimum absolute atomic E-state index is 0.769. The molecular weight excluding hydrogens is 364 g/mol. The molecule has 1 heteroatoms. The van der Waals surface area contributed by atoms with Crippen molar-refractivity contribution in [2.24, 2.45) is 0 Å².